The van der Waals surface area contributed by atoms with E-state index in [1.54, 1.807) is 0 Å². The quantitative estimate of drug-likeness (QED) is 0.846. The maximum Gasteiger partial charge on any atom is 0.306 e. The van der Waals surface area contributed by atoms with Crippen molar-refractivity contribution in [3.63, 3.8) is 0 Å². The van der Waals surface area contributed by atoms with Crippen molar-refractivity contribution < 1.29 is 9.90 Å². The first-order valence-electron chi connectivity index (χ1n) is 6.23. The van der Waals surface area contributed by atoms with E-state index in [2.05, 4.69) is 20.5 Å². The highest BCUT2D eigenvalue weighted by atomic mass is 16.4. The Morgan fingerprint density at radius 1 is 1.28 bits per heavy atom. The number of aryl methyl sites for hydroxylation is 2. The van der Waals surface area contributed by atoms with Crippen LogP contribution >= 0.6 is 0 Å². The molecule has 1 aromatic rings. The number of anilines is 1. The maximum atomic E-state index is 11.0. The van der Waals surface area contributed by atoms with E-state index in [1.165, 1.54) is 0 Å². The van der Waals surface area contributed by atoms with Crippen LogP contribution in [0.25, 0.3) is 0 Å². The van der Waals surface area contributed by atoms with Crippen molar-refractivity contribution in [2.75, 3.05) is 5.32 Å². The molecule has 1 heterocycles. The van der Waals surface area contributed by atoms with E-state index in [1.807, 2.05) is 13.8 Å². The van der Waals surface area contributed by atoms with Gasteiger partial charge in [0.05, 0.1) is 17.3 Å². The van der Waals surface area contributed by atoms with Crippen molar-refractivity contribution >= 4 is 11.9 Å². The number of aliphatic carboxylic acids is 1. The molecule has 2 atom stereocenters. The summed E-state index contributed by atoms with van der Waals surface area (Å²) in [6, 6.07) is 0.128. The largest absolute Gasteiger partial charge is 0.481 e. The highest BCUT2D eigenvalue weighted by Crippen LogP contribution is 2.26. The number of nitrogens with one attached hydrogen (secondary N) is 1. The average Bonchev–Trinajstić information content (AvgIpc) is 2.34. The van der Waals surface area contributed by atoms with Gasteiger partial charge < -0.3 is 10.4 Å². The second-order valence-corrected chi connectivity index (χ2v) is 4.85. The third-order valence-electron chi connectivity index (χ3n) is 3.45. The molecule has 98 valence electrons. The molecule has 2 N–H and O–H groups in total. The summed E-state index contributed by atoms with van der Waals surface area (Å²) in [5.41, 5.74) is 1.66. The van der Waals surface area contributed by atoms with Crippen LogP contribution in [0.3, 0.4) is 0 Å². The monoisotopic (exact) mass is 250 g/mol. The van der Waals surface area contributed by atoms with E-state index in [0.717, 1.165) is 30.7 Å². The van der Waals surface area contributed by atoms with E-state index in [0.29, 0.717) is 12.4 Å². The fourth-order valence-corrected chi connectivity index (χ4v) is 2.25. The molecule has 0 radical (unpaired) electrons. The third kappa shape index (κ3) is 2.94. The molecule has 1 aliphatic carbocycles. The summed E-state index contributed by atoms with van der Waals surface area (Å²) in [6.07, 6.45) is 3.28. The highest BCUT2D eigenvalue weighted by Gasteiger charge is 2.27. The van der Waals surface area contributed by atoms with Crippen molar-refractivity contribution in [3.8, 4) is 0 Å². The predicted molar refractivity (Wildman–Crippen MR) is 66.3 cm³/mol. The van der Waals surface area contributed by atoms with E-state index in [4.69, 9.17) is 5.11 Å². The zero-order valence-corrected chi connectivity index (χ0v) is 10.7. The van der Waals surface area contributed by atoms with Crippen LogP contribution < -0.4 is 5.32 Å². The smallest absolute Gasteiger partial charge is 0.306 e. The van der Waals surface area contributed by atoms with Gasteiger partial charge in [0.25, 0.3) is 0 Å². The molecule has 1 aliphatic rings. The van der Waals surface area contributed by atoms with Crippen LogP contribution in [-0.4, -0.2) is 32.3 Å². The Morgan fingerprint density at radius 2 is 2.06 bits per heavy atom. The molecule has 0 aromatic carbocycles. The van der Waals surface area contributed by atoms with Crippen LogP contribution in [0, 0.1) is 19.8 Å². The van der Waals surface area contributed by atoms with Crippen molar-refractivity contribution in [2.45, 2.75) is 45.6 Å². The number of rotatable bonds is 3. The molecule has 0 aliphatic heterocycles. The molecule has 0 bridgehead atoms. The van der Waals surface area contributed by atoms with Gasteiger partial charge in [-0.25, -0.2) is 4.98 Å². The van der Waals surface area contributed by atoms with Gasteiger partial charge in [-0.15, -0.1) is 5.10 Å². The molecular formula is C12H18N4O2. The molecule has 0 saturated heterocycles. The Morgan fingerprint density at radius 3 is 2.72 bits per heavy atom. The Hall–Kier alpha value is -1.72. The molecule has 0 amide bonds. The van der Waals surface area contributed by atoms with Gasteiger partial charge in [-0.05, 0) is 33.1 Å². The van der Waals surface area contributed by atoms with E-state index < -0.39 is 5.97 Å². The van der Waals surface area contributed by atoms with Crippen LogP contribution in [0.5, 0.6) is 0 Å². The lowest BCUT2D eigenvalue weighted by Gasteiger charge is -2.27. The lowest BCUT2D eigenvalue weighted by molar-refractivity contribution is -0.142. The lowest BCUT2D eigenvalue weighted by atomic mass is 9.86. The minimum absolute atomic E-state index is 0.128. The summed E-state index contributed by atoms with van der Waals surface area (Å²) in [7, 11) is 0. The van der Waals surface area contributed by atoms with E-state index in [-0.39, 0.29) is 12.0 Å². The average molecular weight is 250 g/mol. The van der Waals surface area contributed by atoms with Gasteiger partial charge in [0, 0.05) is 6.04 Å². The fraction of sp³-hybridized carbons (Fsp3) is 0.667. The molecular weight excluding hydrogens is 232 g/mol. The first kappa shape index (κ1) is 12.7. The Labute approximate surface area is 106 Å². The van der Waals surface area contributed by atoms with Crippen LogP contribution in [0.15, 0.2) is 0 Å². The van der Waals surface area contributed by atoms with E-state index >= 15 is 0 Å². The second kappa shape index (κ2) is 5.29. The van der Waals surface area contributed by atoms with Crippen LogP contribution in [0.4, 0.5) is 5.95 Å². The van der Waals surface area contributed by atoms with Gasteiger partial charge in [0.2, 0.25) is 5.95 Å². The summed E-state index contributed by atoms with van der Waals surface area (Å²) >= 11 is 0. The number of carbonyl (C=O) groups is 1. The molecule has 2 rings (SSSR count). The molecule has 2 unspecified atom stereocenters. The van der Waals surface area contributed by atoms with Gasteiger partial charge in [-0.2, -0.15) is 5.10 Å². The van der Waals surface area contributed by atoms with Gasteiger partial charge in [-0.1, -0.05) is 6.42 Å². The Kier molecular flexibility index (Phi) is 3.74. The number of nitrogens with zero attached hydrogens (tertiary/aromatic N) is 3. The minimum Gasteiger partial charge on any atom is -0.481 e. The maximum absolute atomic E-state index is 11.0. The number of hydrogen-bond donors (Lipinski definition) is 2. The summed E-state index contributed by atoms with van der Waals surface area (Å²) in [5.74, 6) is -0.467. The third-order valence-corrected chi connectivity index (χ3v) is 3.45. The van der Waals surface area contributed by atoms with Crippen molar-refractivity contribution in [2.24, 2.45) is 5.92 Å². The summed E-state index contributed by atoms with van der Waals surface area (Å²) < 4.78 is 0. The lowest BCUT2D eigenvalue weighted by Crippen LogP contribution is -2.31. The van der Waals surface area contributed by atoms with E-state index in [9.17, 15) is 4.79 Å². The molecule has 18 heavy (non-hydrogen) atoms. The normalized spacial score (nSPS) is 23.7. The second-order valence-electron chi connectivity index (χ2n) is 4.85. The summed E-state index contributed by atoms with van der Waals surface area (Å²) in [6.45, 7) is 3.75. The zero-order chi connectivity index (χ0) is 13.1. The van der Waals surface area contributed by atoms with Crippen LogP contribution in [0.2, 0.25) is 0 Å². The minimum atomic E-state index is -0.708. The van der Waals surface area contributed by atoms with Crippen molar-refractivity contribution in [3.05, 3.63) is 11.4 Å². The van der Waals surface area contributed by atoms with Crippen LogP contribution in [-0.2, 0) is 4.79 Å². The molecule has 6 nitrogen and oxygen atoms in total. The number of aromatic nitrogens is 3. The number of hydrogen-bond acceptors (Lipinski definition) is 5. The zero-order valence-electron chi connectivity index (χ0n) is 10.7. The summed E-state index contributed by atoms with van der Waals surface area (Å²) in [5, 5.41) is 20.2. The van der Waals surface area contributed by atoms with Gasteiger partial charge in [-0.3, -0.25) is 4.79 Å². The molecule has 1 aromatic heterocycles. The van der Waals surface area contributed by atoms with Gasteiger partial charge >= 0.3 is 5.97 Å². The number of carboxylic acid groups (broad SMARTS) is 1. The SMILES string of the molecule is Cc1nnc(NC2CCCC(C(=O)O)C2)nc1C. The molecule has 0 spiro atoms. The Bertz CT molecular complexity index is 450. The molecule has 1 fully saturated rings. The fourth-order valence-electron chi connectivity index (χ4n) is 2.25. The first-order valence-corrected chi connectivity index (χ1v) is 6.23. The molecule has 6 heteroatoms. The topological polar surface area (TPSA) is 88.0 Å². The first-order chi connectivity index (χ1) is 8.56. The van der Waals surface area contributed by atoms with Gasteiger partial charge in [0.1, 0.15) is 0 Å². The molecule has 1 saturated carbocycles. The van der Waals surface area contributed by atoms with Crippen molar-refractivity contribution in [1.82, 2.24) is 15.2 Å². The Balaban J connectivity index is 2.00. The van der Waals surface area contributed by atoms with Crippen molar-refractivity contribution in [1.29, 1.82) is 0 Å². The number of carboxylic acids is 1. The standard InChI is InChI=1S/C12H18N4O2/c1-7-8(2)15-16-12(13-7)14-10-5-3-4-9(6-10)11(17)18/h9-10H,3-6H2,1-2H3,(H,17,18)(H,13,14,16). The van der Waals surface area contributed by atoms with Gasteiger partial charge in [0.15, 0.2) is 0 Å². The van der Waals surface area contributed by atoms with Crippen LogP contribution in [0.1, 0.15) is 37.1 Å². The predicted octanol–water partition coefficient (Wildman–Crippen LogP) is 1.54. The summed E-state index contributed by atoms with van der Waals surface area (Å²) in [4.78, 5) is 15.3. The highest BCUT2D eigenvalue weighted by molar-refractivity contribution is 5.70.